The highest BCUT2D eigenvalue weighted by Gasteiger charge is 2.51. The quantitative estimate of drug-likeness (QED) is 0.588. The molecule has 5 heterocycles. The van der Waals surface area contributed by atoms with Crippen LogP contribution in [0.25, 0.3) is 16.6 Å². The number of oxazole rings is 1. The van der Waals surface area contributed by atoms with Crippen molar-refractivity contribution in [3.63, 3.8) is 0 Å². The zero-order valence-corrected chi connectivity index (χ0v) is 19.4. The fraction of sp³-hybridized carbons (Fsp3) is 0.458. The minimum atomic E-state index is -4.28. The van der Waals surface area contributed by atoms with Crippen LogP contribution >= 0.6 is 0 Å². The summed E-state index contributed by atoms with van der Waals surface area (Å²) in [7, 11) is -4.28. The number of hydrogen-bond donors (Lipinski definition) is 1. The molecule has 3 aromatic rings. The predicted molar refractivity (Wildman–Crippen MR) is 121 cm³/mol. The summed E-state index contributed by atoms with van der Waals surface area (Å²) in [4.78, 5) is 7.27. The Balaban J connectivity index is 1.72. The third kappa shape index (κ3) is 2.60. The first kappa shape index (κ1) is 20.2. The van der Waals surface area contributed by atoms with Crippen molar-refractivity contribution in [2.75, 3.05) is 13.1 Å². The van der Waals surface area contributed by atoms with Gasteiger partial charge in [0.2, 0.25) is 5.89 Å². The van der Waals surface area contributed by atoms with E-state index in [1.54, 1.807) is 12.1 Å². The van der Waals surface area contributed by atoms with Crippen LogP contribution in [0.15, 0.2) is 33.6 Å². The topological polar surface area (TPSA) is 88.6 Å². The molecule has 1 saturated heterocycles. The summed E-state index contributed by atoms with van der Waals surface area (Å²) < 4.78 is 41.8. The normalized spacial score (nSPS) is 25.1. The lowest BCUT2D eigenvalue weighted by Gasteiger charge is -2.53. The van der Waals surface area contributed by atoms with Crippen LogP contribution < -0.4 is 0 Å². The Bertz CT molecular complexity index is 1400. The zero-order valence-electron chi connectivity index (χ0n) is 18.6. The molecule has 0 spiro atoms. The number of hydrogen-bond acceptors (Lipinski definition) is 5. The van der Waals surface area contributed by atoms with Crippen LogP contribution in [0.3, 0.4) is 0 Å². The molecule has 0 amide bonds. The van der Waals surface area contributed by atoms with E-state index in [-0.39, 0.29) is 16.4 Å². The van der Waals surface area contributed by atoms with E-state index < -0.39 is 10.1 Å². The van der Waals surface area contributed by atoms with Crippen LogP contribution in [0, 0.1) is 19.3 Å². The molecule has 1 aromatic carbocycles. The van der Waals surface area contributed by atoms with Gasteiger partial charge in [-0.3, -0.25) is 9.45 Å². The van der Waals surface area contributed by atoms with Gasteiger partial charge in [0.05, 0.1) is 22.1 Å². The first-order valence-electron chi connectivity index (χ1n) is 11.3. The van der Waals surface area contributed by atoms with Crippen LogP contribution in [-0.2, 0) is 16.5 Å². The molecule has 2 aromatic heterocycles. The second-order valence-electron chi connectivity index (χ2n) is 9.42. The third-order valence-electron chi connectivity index (χ3n) is 7.86. The van der Waals surface area contributed by atoms with Crippen LogP contribution in [0.4, 0.5) is 0 Å². The monoisotopic (exact) mass is 453 g/mol. The molecule has 1 fully saturated rings. The van der Waals surface area contributed by atoms with Gasteiger partial charge in [-0.15, -0.1) is 0 Å². The standard InChI is InChI=1S/C24H27N3O4S/c1-4-24-9-5-10-26-11-8-17-18-12-16(32(28,29)30)6-7-19(18)27(21(17)22(24)26)20(13-24)23-25-14(2)15(3)31-23/h6-7,12-13,22H,4-5,8-11H2,1-3H3,(H,28,29,30)/t22-,24+/m1/s1. The van der Waals surface area contributed by atoms with E-state index in [2.05, 4.69) is 22.5 Å². The smallest absolute Gasteiger partial charge is 0.294 e. The highest BCUT2D eigenvalue weighted by atomic mass is 32.2. The van der Waals surface area contributed by atoms with Crippen LogP contribution in [0.1, 0.15) is 60.8 Å². The molecule has 8 heteroatoms. The molecule has 168 valence electrons. The molecule has 7 nitrogen and oxygen atoms in total. The average molecular weight is 454 g/mol. The lowest BCUT2D eigenvalue weighted by Crippen LogP contribution is -2.50. The Morgan fingerprint density at radius 1 is 1.28 bits per heavy atom. The number of nitrogens with zero attached hydrogens (tertiary/aromatic N) is 3. The molecule has 0 bridgehead atoms. The van der Waals surface area contributed by atoms with Gasteiger partial charge in [0.25, 0.3) is 10.1 Å². The number of aryl methyl sites for hydroxylation is 2. The maximum Gasteiger partial charge on any atom is 0.294 e. The Morgan fingerprint density at radius 2 is 2.09 bits per heavy atom. The summed E-state index contributed by atoms with van der Waals surface area (Å²) in [5.74, 6) is 1.41. The van der Waals surface area contributed by atoms with E-state index in [0.29, 0.717) is 5.89 Å². The second-order valence-corrected chi connectivity index (χ2v) is 10.8. The molecule has 32 heavy (non-hydrogen) atoms. The highest BCUT2D eigenvalue weighted by Crippen LogP contribution is 2.57. The van der Waals surface area contributed by atoms with Gasteiger partial charge in [-0.1, -0.05) is 6.92 Å². The average Bonchev–Trinajstić information content (AvgIpc) is 3.28. The first-order valence-corrected chi connectivity index (χ1v) is 12.7. The number of fused-ring (bicyclic) bond motifs is 3. The van der Waals surface area contributed by atoms with Crippen molar-refractivity contribution in [1.29, 1.82) is 0 Å². The van der Waals surface area contributed by atoms with Crippen LogP contribution in [0.5, 0.6) is 0 Å². The fourth-order valence-electron chi connectivity index (χ4n) is 6.21. The van der Waals surface area contributed by atoms with Crippen molar-refractivity contribution in [3.8, 4) is 0 Å². The van der Waals surface area contributed by atoms with Crippen molar-refractivity contribution >= 4 is 26.7 Å². The summed E-state index contributed by atoms with van der Waals surface area (Å²) in [6.45, 7) is 8.16. The van der Waals surface area contributed by atoms with Gasteiger partial charge in [-0.2, -0.15) is 8.42 Å². The Hall–Kier alpha value is -2.42. The minimum absolute atomic E-state index is 0.0186. The molecular weight excluding hydrogens is 426 g/mol. The molecule has 3 aliphatic heterocycles. The predicted octanol–water partition coefficient (Wildman–Crippen LogP) is 4.49. The Kier molecular flexibility index (Phi) is 4.14. The van der Waals surface area contributed by atoms with Gasteiger partial charge in [0, 0.05) is 23.0 Å². The third-order valence-corrected chi connectivity index (χ3v) is 8.71. The lowest BCUT2D eigenvalue weighted by atomic mass is 9.66. The number of rotatable bonds is 3. The van der Waals surface area contributed by atoms with Crippen molar-refractivity contribution in [2.24, 2.45) is 5.41 Å². The summed E-state index contributed by atoms with van der Waals surface area (Å²) >= 11 is 0. The SMILES string of the molecule is CC[C@@]12C=C(c3nc(C)c(C)o3)n3c4c(c5cc(S(=O)(=O)O)ccc53)CCN(CCC1)[C@H]42. The molecular formula is C24H27N3O4S. The number of piperidine rings is 1. The number of aromatic nitrogens is 2. The van der Waals surface area contributed by atoms with E-state index in [1.165, 1.54) is 17.3 Å². The van der Waals surface area contributed by atoms with Crippen LogP contribution in [0.2, 0.25) is 0 Å². The summed E-state index contributed by atoms with van der Waals surface area (Å²) in [5, 5.41) is 0.887. The Morgan fingerprint density at radius 3 is 2.78 bits per heavy atom. The molecule has 6 rings (SSSR count). The first-order chi connectivity index (χ1) is 15.2. The maximum atomic E-state index is 11.9. The van der Waals surface area contributed by atoms with Crippen molar-refractivity contribution < 1.29 is 17.4 Å². The molecule has 2 atom stereocenters. The molecule has 0 unspecified atom stereocenters. The van der Waals surface area contributed by atoms with E-state index in [9.17, 15) is 13.0 Å². The molecule has 0 aliphatic carbocycles. The second kappa shape index (κ2) is 6.56. The molecule has 1 N–H and O–H groups in total. The van der Waals surface area contributed by atoms with Gasteiger partial charge in [-0.05, 0) is 75.9 Å². The van der Waals surface area contributed by atoms with Gasteiger partial charge in [0.1, 0.15) is 11.5 Å². The molecule has 0 radical (unpaired) electrons. The fourth-order valence-corrected chi connectivity index (χ4v) is 6.71. The van der Waals surface area contributed by atoms with E-state index >= 15 is 0 Å². The maximum absolute atomic E-state index is 11.9. The molecule has 0 saturated carbocycles. The number of benzene rings is 1. The lowest BCUT2D eigenvalue weighted by molar-refractivity contribution is 0.0269. The summed E-state index contributed by atoms with van der Waals surface area (Å²) in [6.07, 6.45) is 6.48. The van der Waals surface area contributed by atoms with Gasteiger partial charge < -0.3 is 8.98 Å². The van der Waals surface area contributed by atoms with Crippen molar-refractivity contribution in [3.05, 3.63) is 52.9 Å². The van der Waals surface area contributed by atoms with Crippen molar-refractivity contribution in [1.82, 2.24) is 14.5 Å². The zero-order chi connectivity index (χ0) is 22.4. The molecule has 3 aliphatic rings. The van der Waals surface area contributed by atoms with Gasteiger partial charge in [-0.25, -0.2) is 4.98 Å². The summed E-state index contributed by atoms with van der Waals surface area (Å²) in [5.41, 5.74) is 5.13. The highest BCUT2D eigenvalue weighted by molar-refractivity contribution is 7.85. The van der Waals surface area contributed by atoms with Crippen molar-refractivity contribution in [2.45, 2.75) is 57.4 Å². The Labute approximate surface area is 187 Å². The minimum Gasteiger partial charge on any atom is -0.440 e. The van der Waals surface area contributed by atoms with Crippen LogP contribution in [-0.4, -0.2) is 40.5 Å². The van der Waals surface area contributed by atoms with Gasteiger partial charge in [0.15, 0.2) is 0 Å². The summed E-state index contributed by atoms with van der Waals surface area (Å²) in [6, 6.07) is 5.16. The van der Waals surface area contributed by atoms with E-state index in [1.807, 2.05) is 13.8 Å². The van der Waals surface area contributed by atoms with E-state index in [0.717, 1.165) is 66.8 Å². The van der Waals surface area contributed by atoms with E-state index in [4.69, 9.17) is 9.40 Å². The largest absolute Gasteiger partial charge is 0.440 e. The van der Waals surface area contributed by atoms with Gasteiger partial charge >= 0.3 is 0 Å².